The number of aryl methyl sites for hydroxylation is 1. The Balaban J connectivity index is 2.04. The summed E-state index contributed by atoms with van der Waals surface area (Å²) in [5.74, 6) is -0.573. The average Bonchev–Trinajstić information content (AvgIpc) is 3.08. The van der Waals surface area contributed by atoms with Crippen molar-refractivity contribution >= 4 is 44.1 Å². The van der Waals surface area contributed by atoms with E-state index in [1.807, 2.05) is 53.8 Å². The van der Waals surface area contributed by atoms with Crippen LogP contribution in [-0.4, -0.2) is 22.8 Å². The summed E-state index contributed by atoms with van der Waals surface area (Å²) in [5, 5.41) is 1.03. The van der Waals surface area contributed by atoms with Crippen molar-refractivity contribution in [2.75, 3.05) is 6.61 Å². The molecule has 0 saturated heterocycles. The lowest BCUT2D eigenvalue weighted by Crippen LogP contribution is -2.06. The van der Waals surface area contributed by atoms with E-state index in [-0.39, 0.29) is 12.4 Å². The molecule has 0 aliphatic heterocycles. The summed E-state index contributed by atoms with van der Waals surface area (Å²) in [5.41, 5.74) is 3.99. The van der Waals surface area contributed by atoms with Crippen molar-refractivity contribution < 1.29 is 14.3 Å². The number of hydrogen-bond donors (Lipinski definition) is 0. The molecule has 0 atom stereocenters. The first-order valence-electron chi connectivity index (χ1n) is 9.02. The number of fused-ring (bicyclic) bond motifs is 3. The van der Waals surface area contributed by atoms with Gasteiger partial charge in [0.1, 0.15) is 0 Å². The monoisotopic (exact) mass is 435 g/mol. The van der Waals surface area contributed by atoms with E-state index < -0.39 is 5.97 Å². The maximum Gasteiger partial charge on any atom is 0.340 e. The van der Waals surface area contributed by atoms with E-state index in [0.29, 0.717) is 22.3 Å². The number of ether oxygens (including phenoxy) is 1. The predicted octanol–water partition coefficient (Wildman–Crippen LogP) is 5.57. The van der Waals surface area contributed by atoms with E-state index in [9.17, 15) is 9.59 Å². The highest BCUT2D eigenvalue weighted by molar-refractivity contribution is 9.10. The quantitative estimate of drug-likeness (QED) is 0.310. The summed E-state index contributed by atoms with van der Waals surface area (Å²) in [6.45, 7) is 4.05. The van der Waals surface area contributed by atoms with E-state index >= 15 is 0 Å². The highest BCUT2D eigenvalue weighted by Gasteiger charge is 2.23. The van der Waals surface area contributed by atoms with E-state index in [0.717, 1.165) is 20.9 Å². The lowest BCUT2D eigenvalue weighted by atomic mass is 10.1. The van der Waals surface area contributed by atoms with Crippen LogP contribution in [0.1, 0.15) is 38.9 Å². The molecule has 0 N–H and O–H groups in total. The summed E-state index contributed by atoms with van der Waals surface area (Å²) in [4.78, 5) is 25.9. The number of ketones is 1. The van der Waals surface area contributed by atoms with Crippen molar-refractivity contribution in [1.82, 2.24) is 4.40 Å². The van der Waals surface area contributed by atoms with Gasteiger partial charge >= 0.3 is 5.97 Å². The van der Waals surface area contributed by atoms with Gasteiger partial charge in [0.25, 0.3) is 0 Å². The van der Waals surface area contributed by atoms with Crippen LogP contribution in [0, 0.1) is 6.92 Å². The van der Waals surface area contributed by atoms with Crippen LogP contribution in [0.25, 0.3) is 16.4 Å². The number of pyridine rings is 1. The second-order valence-electron chi connectivity index (χ2n) is 6.56. The second-order valence-corrected chi connectivity index (χ2v) is 7.48. The molecule has 2 aromatic heterocycles. The van der Waals surface area contributed by atoms with Gasteiger partial charge < -0.3 is 9.14 Å². The van der Waals surface area contributed by atoms with E-state index in [2.05, 4.69) is 15.9 Å². The molecule has 4 nitrogen and oxygen atoms in total. The fourth-order valence-corrected chi connectivity index (χ4v) is 3.77. The standard InChI is InChI=1S/C23H18BrNO3/c1-3-28-23(27)18-13-21(22(26)15-8-10-16(24)11-9-15)25-19-7-5-4-6-17(19)14(2)12-20(18)25/h4-13H,3H2,1-2H3. The maximum absolute atomic E-state index is 13.3. The number of para-hydroxylation sites is 1. The smallest absolute Gasteiger partial charge is 0.340 e. The minimum Gasteiger partial charge on any atom is -0.462 e. The number of halogens is 1. The number of hydrogen-bond acceptors (Lipinski definition) is 3. The number of carbonyl (C=O) groups is 2. The molecular weight excluding hydrogens is 418 g/mol. The van der Waals surface area contributed by atoms with Crippen molar-refractivity contribution in [2.45, 2.75) is 13.8 Å². The summed E-state index contributed by atoms with van der Waals surface area (Å²) in [6.07, 6.45) is 0. The Kier molecular flexibility index (Phi) is 4.77. The third-order valence-corrected chi connectivity index (χ3v) is 5.32. The molecule has 0 radical (unpaired) electrons. The molecule has 0 fully saturated rings. The number of benzene rings is 2. The fourth-order valence-electron chi connectivity index (χ4n) is 3.50. The molecule has 0 saturated carbocycles. The highest BCUT2D eigenvalue weighted by atomic mass is 79.9. The number of rotatable bonds is 4. The second kappa shape index (κ2) is 7.24. The van der Waals surface area contributed by atoms with Crippen LogP contribution in [0.15, 0.2) is 65.1 Å². The highest BCUT2D eigenvalue weighted by Crippen LogP contribution is 2.29. The van der Waals surface area contributed by atoms with Gasteiger partial charge in [-0.05, 0) is 61.9 Å². The normalized spacial score (nSPS) is 11.1. The first-order valence-corrected chi connectivity index (χ1v) is 9.81. The molecule has 0 aliphatic rings. The zero-order valence-electron chi connectivity index (χ0n) is 15.5. The molecule has 4 aromatic rings. The summed E-state index contributed by atoms with van der Waals surface area (Å²) in [6, 6.07) is 18.7. The lowest BCUT2D eigenvalue weighted by Gasteiger charge is -2.10. The van der Waals surface area contributed by atoms with E-state index in [4.69, 9.17) is 4.74 Å². The maximum atomic E-state index is 13.3. The topological polar surface area (TPSA) is 47.8 Å². The number of nitrogens with zero attached hydrogens (tertiary/aromatic N) is 1. The van der Waals surface area contributed by atoms with Crippen LogP contribution in [0.3, 0.4) is 0 Å². The van der Waals surface area contributed by atoms with Gasteiger partial charge in [0.2, 0.25) is 5.78 Å². The molecule has 0 bridgehead atoms. The molecule has 4 rings (SSSR count). The molecule has 0 unspecified atom stereocenters. The Bertz CT molecular complexity index is 1220. The van der Waals surface area contributed by atoms with Crippen LogP contribution in [0.4, 0.5) is 0 Å². The molecule has 0 aliphatic carbocycles. The molecule has 5 heteroatoms. The molecule has 28 heavy (non-hydrogen) atoms. The Morgan fingerprint density at radius 1 is 1.00 bits per heavy atom. The molecular formula is C23H18BrNO3. The van der Waals surface area contributed by atoms with Crippen molar-refractivity contribution in [3.63, 3.8) is 0 Å². The largest absolute Gasteiger partial charge is 0.462 e. The number of aromatic nitrogens is 1. The van der Waals surface area contributed by atoms with E-state index in [1.165, 1.54) is 0 Å². The summed E-state index contributed by atoms with van der Waals surface area (Å²) >= 11 is 3.39. The zero-order chi connectivity index (χ0) is 19.8. The minimum atomic E-state index is -0.426. The summed E-state index contributed by atoms with van der Waals surface area (Å²) in [7, 11) is 0. The molecule has 140 valence electrons. The molecule has 2 heterocycles. The summed E-state index contributed by atoms with van der Waals surface area (Å²) < 4.78 is 7.99. The van der Waals surface area contributed by atoms with Crippen LogP contribution in [0.2, 0.25) is 0 Å². The molecule has 2 aromatic carbocycles. The van der Waals surface area contributed by atoms with Gasteiger partial charge in [-0.2, -0.15) is 0 Å². The van der Waals surface area contributed by atoms with Crippen molar-refractivity contribution in [3.8, 4) is 0 Å². The van der Waals surface area contributed by atoms with Crippen LogP contribution >= 0.6 is 15.9 Å². The lowest BCUT2D eigenvalue weighted by molar-refractivity contribution is 0.0529. The number of esters is 1. The molecule has 0 spiro atoms. The van der Waals surface area contributed by atoms with Gasteiger partial charge in [0.05, 0.1) is 28.9 Å². The minimum absolute atomic E-state index is 0.146. The third-order valence-electron chi connectivity index (χ3n) is 4.80. The first kappa shape index (κ1) is 18.4. The van der Waals surface area contributed by atoms with Gasteiger partial charge in [0, 0.05) is 15.4 Å². The SMILES string of the molecule is CCOC(=O)c1cc(C(=O)c2ccc(Br)cc2)n2c1cc(C)c1ccccc12. The van der Waals surface area contributed by atoms with Crippen LogP contribution in [-0.2, 0) is 4.74 Å². The molecule has 0 amide bonds. The number of carbonyl (C=O) groups excluding carboxylic acids is 2. The Labute approximate surface area is 170 Å². The van der Waals surface area contributed by atoms with Gasteiger partial charge in [-0.15, -0.1) is 0 Å². The van der Waals surface area contributed by atoms with Gasteiger partial charge in [-0.3, -0.25) is 4.79 Å². The van der Waals surface area contributed by atoms with Crippen molar-refractivity contribution in [2.24, 2.45) is 0 Å². The van der Waals surface area contributed by atoms with Crippen LogP contribution in [0.5, 0.6) is 0 Å². The fraction of sp³-hybridized carbons (Fsp3) is 0.130. The zero-order valence-corrected chi connectivity index (χ0v) is 17.1. The Morgan fingerprint density at radius 2 is 1.71 bits per heavy atom. The third kappa shape index (κ3) is 3.02. The predicted molar refractivity (Wildman–Crippen MR) is 113 cm³/mol. The first-order chi connectivity index (χ1) is 13.5. The average molecular weight is 436 g/mol. The van der Waals surface area contributed by atoms with Gasteiger partial charge in [-0.25, -0.2) is 4.79 Å². The van der Waals surface area contributed by atoms with Gasteiger partial charge in [0.15, 0.2) is 0 Å². The van der Waals surface area contributed by atoms with Crippen molar-refractivity contribution in [3.05, 3.63) is 87.5 Å². The van der Waals surface area contributed by atoms with Crippen LogP contribution < -0.4 is 0 Å². The van der Waals surface area contributed by atoms with Crippen molar-refractivity contribution in [1.29, 1.82) is 0 Å². The van der Waals surface area contributed by atoms with E-state index in [1.54, 1.807) is 25.1 Å². The Morgan fingerprint density at radius 3 is 2.43 bits per heavy atom. The van der Waals surface area contributed by atoms with Gasteiger partial charge in [-0.1, -0.05) is 34.1 Å². The Hall–Kier alpha value is -2.92.